The Labute approximate surface area is 264 Å². The Morgan fingerprint density at radius 3 is 1.33 bits per heavy atom. The molecule has 0 unspecified atom stereocenters. The average Bonchev–Trinajstić information content (AvgIpc) is 3.35. The van der Waals surface area contributed by atoms with Crippen LogP contribution in [0.3, 0.4) is 0 Å². The molecule has 0 fully saturated rings. The third-order valence-electron chi connectivity index (χ3n) is 8.95. The average molecular weight is 578 g/mol. The van der Waals surface area contributed by atoms with Gasteiger partial charge in [0.05, 0.1) is 0 Å². The van der Waals surface area contributed by atoms with Crippen LogP contribution in [0.5, 0.6) is 0 Å². The predicted molar refractivity (Wildman–Crippen MR) is 185 cm³/mol. The molecule has 1 aliphatic carbocycles. The lowest BCUT2D eigenvalue weighted by atomic mass is 9.79. The minimum atomic E-state index is -0.0784. The summed E-state index contributed by atoms with van der Waals surface area (Å²) < 4.78 is 0. The summed E-state index contributed by atoms with van der Waals surface area (Å²) in [5, 5.41) is 0. The standard InChI is InChI=1S/C42H31N3/c1-42(2)37-19-10-9-16-35(37)36-18-11-17-34(38(36)42)30-22-26-33(27-23-30)41-44-39(31-14-7-4-8-15-31)43-40(45-41)32-24-20-29(21-25-32)28-12-5-3-6-13-28/h3-27H,1-2H3. The van der Waals surface area contributed by atoms with Crippen LogP contribution < -0.4 is 0 Å². The van der Waals surface area contributed by atoms with Gasteiger partial charge in [0.2, 0.25) is 0 Å². The van der Waals surface area contributed by atoms with Crippen molar-refractivity contribution in [3.05, 3.63) is 163 Å². The first-order valence-electron chi connectivity index (χ1n) is 15.4. The van der Waals surface area contributed by atoms with Crippen LogP contribution in [0.1, 0.15) is 25.0 Å². The summed E-state index contributed by atoms with van der Waals surface area (Å²) >= 11 is 0. The maximum atomic E-state index is 4.99. The summed E-state index contributed by atoms with van der Waals surface area (Å²) in [4.78, 5) is 14.9. The topological polar surface area (TPSA) is 38.7 Å². The first kappa shape index (κ1) is 26.9. The highest BCUT2D eigenvalue weighted by Crippen LogP contribution is 2.52. The summed E-state index contributed by atoms with van der Waals surface area (Å²) in [7, 11) is 0. The molecular weight excluding hydrogens is 546 g/mol. The monoisotopic (exact) mass is 577 g/mol. The summed E-state index contributed by atoms with van der Waals surface area (Å²) in [6.07, 6.45) is 0. The lowest BCUT2D eigenvalue weighted by Gasteiger charge is -2.24. The molecule has 0 aliphatic heterocycles. The van der Waals surface area contributed by atoms with Crippen LogP contribution in [0.4, 0.5) is 0 Å². The van der Waals surface area contributed by atoms with Gasteiger partial charge in [-0.2, -0.15) is 0 Å². The van der Waals surface area contributed by atoms with E-state index >= 15 is 0 Å². The molecular formula is C42H31N3. The SMILES string of the molecule is CC1(C)c2ccccc2-c2cccc(-c3ccc(-c4nc(-c5ccccc5)nc(-c5ccc(-c6ccccc6)cc5)n4)cc3)c21. The molecule has 0 saturated heterocycles. The van der Waals surface area contributed by atoms with Crippen LogP contribution in [-0.4, -0.2) is 15.0 Å². The van der Waals surface area contributed by atoms with E-state index in [-0.39, 0.29) is 5.41 Å². The Morgan fingerprint density at radius 1 is 0.333 bits per heavy atom. The Balaban J connectivity index is 1.19. The first-order chi connectivity index (χ1) is 22.1. The highest BCUT2D eigenvalue weighted by Gasteiger charge is 2.37. The fraction of sp³-hybridized carbons (Fsp3) is 0.0714. The summed E-state index contributed by atoms with van der Waals surface area (Å²) in [6.45, 7) is 4.67. The molecule has 0 atom stereocenters. The maximum absolute atomic E-state index is 4.99. The van der Waals surface area contributed by atoms with Gasteiger partial charge < -0.3 is 0 Å². The van der Waals surface area contributed by atoms with Gasteiger partial charge >= 0.3 is 0 Å². The largest absolute Gasteiger partial charge is 0.208 e. The van der Waals surface area contributed by atoms with Crippen molar-refractivity contribution < 1.29 is 0 Å². The zero-order valence-electron chi connectivity index (χ0n) is 25.3. The molecule has 0 N–H and O–H groups in total. The lowest BCUT2D eigenvalue weighted by molar-refractivity contribution is 0.662. The molecule has 1 aliphatic rings. The van der Waals surface area contributed by atoms with E-state index in [1.54, 1.807) is 0 Å². The van der Waals surface area contributed by atoms with Crippen LogP contribution in [0.25, 0.3) is 67.5 Å². The van der Waals surface area contributed by atoms with E-state index in [4.69, 9.17) is 15.0 Å². The molecule has 7 aromatic rings. The van der Waals surface area contributed by atoms with Crippen LogP contribution in [-0.2, 0) is 5.41 Å². The van der Waals surface area contributed by atoms with E-state index in [1.165, 1.54) is 38.9 Å². The van der Waals surface area contributed by atoms with E-state index in [9.17, 15) is 0 Å². The molecule has 3 nitrogen and oxygen atoms in total. The zero-order valence-corrected chi connectivity index (χ0v) is 25.3. The predicted octanol–water partition coefficient (Wildman–Crippen LogP) is 10.5. The molecule has 0 radical (unpaired) electrons. The number of hydrogen-bond donors (Lipinski definition) is 0. The highest BCUT2D eigenvalue weighted by atomic mass is 15.0. The van der Waals surface area contributed by atoms with Crippen LogP contribution in [0.15, 0.2) is 152 Å². The maximum Gasteiger partial charge on any atom is 0.164 e. The van der Waals surface area contributed by atoms with E-state index in [0.29, 0.717) is 17.5 Å². The molecule has 8 rings (SSSR count). The van der Waals surface area contributed by atoms with Gasteiger partial charge in [0, 0.05) is 22.1 Å². The Bertz CT molecular complexity index is 2150. The fourth-order valence-electron chi connectivity index (χ4n) is 6.68. The first-order valence-corrected chi connectivity index (χ1v) is 15.4. The van der Waals surface area contributed by atoms with Gasteiger partial charge in [-0.25, -0.2) is 15.0 Å². The Kier molecular flexibility index (Phi) is 6.46. The second-order valence-electron chi connectivity index (χ2n) is 12.1. The smallest absolute Gasteiger partial charge is 0.164 e. The molecule has 3 heteroatoms. The van der Waals surface area contributed by atoms with Crippen LogP contribution >= 0.6 is 0 Å². The van der Waals surface area contributed by atoms with Crippen molar-refractivity contribution in [1.29, 1.82) is 0 Å². The van der Waals surface area contributed by atoms with Gasteiger partial charge in [-0.1, -0.05) is 166 Å². The molecule has 0 spiro atoms. The lowest BCUT2D eigenvalue weighted by Crippen LogP contribution is -2.16. The van der Waals surface area contributed by atoms with Crippen molar-refractivity contribution in [3.8, 4) is 67.5 Å². The molecule has 6 aromatic carbocycles. The summed E-state index contributed by atoms with van der Waals surface area (Å²) in [5.41, 5.74) is 13.0. The molecule has 0 bridgehead atoms. The Hall–Kier alpha value is -5.67. The minimum Gasteiger partial charge on any atom is -0.208 e. The highest BCUT2D eigenvalue weighted by molar-refractivity contribution is 5.88. The number of nitrogens with zero attached hydrogens (tertiary/aromatic N) is 3. The van der Waals surface area contributed by atoms with Crippen molar-refractivity contribution in [3.63, 3.8) is 0 Å². The number of rotatable bonds is 5. The number of benzene rings is 6. The van der Waals surface area contributed by atoms with E-state index in [1.807, 2.05) is 36.4 Å². The van der Waals surface area contributed by atoms with Crippen molar-refractivity contribution in [2.75, 3.05) is 0 Å². The number of fused-ring (bicyclic) bond motifs is 3. The second-order valence-corrected chi connectivity index (χ2v) is 12.1. The van der Waals surface area contributed by atoms with Crippen molar-refractivity contribution in [2.45, 2.75) is 19.3 Å². The van der Waals surface area contributed by atoms with Crippen molar-refractivity contribution >= 4 is 0 Å². The van der Waals surface area contributed by atoms with Gasteiger partial charge in [0.1, 0.15) is 0 Å². The van der Waals surface area contributed by atoms with Gasteiger partial charge in [0.25, 0.3) is 0 Å². The van der Waals surface area contributed by atoms with Crippen molar-refractivity contribution in [1.82, 2.24) is 15.0 Å². The molecule has 1 aromatic heterocycles. The van der Waals surface area contributed by atoms with E-state index in [2.05, 4.69) is 129 Å². The van der Waals surface area contributed by atoms with E-state index in [0.717, 1.165) is 22.3 Å². The molecule has 214 valence electrons. The molecule has 1 heterocycles. The third-order valence-corrected chi connectivity index (χ3v) is 8.95. The van der Waals surface area contributed by atoms with Crippen molar-refractivity contribution in [2.24, 2.45) is 0 Å². The summed E-state index contributed by atoms with van der Waals surface area (Å²) in [6, 6.07) is 53.1. The van der Waals surface area contributed by atoms with Crippen LogP contribution in [0.2, 0.25) is 0 Å². The quantitative estimate of drug-likeness (QED) is 0.204. The second kappa shape index (κ2) is 10.8. The number of aromatic nitrogens is 3. The van der Waals surface area contributed by atoms with Gasteiger partial charge in [-0.05, 0) is 44.5 Å². The summed E-state index contributed by atoms with van der Waals surface area (Å²) in [5.74, 6) is 1.97. The van der Waals surface area contributed by atoms with Gasteiger partial charge in [-0.15, -0.1) is 0 Å². The minimum absolute atomic E-state index is 0.0784. The van der Waals surface area contributed by atoms with Gasteiger partial charge in [0.15, 0.2) is 17.5 Å². The van der Waals surface area contributed by atoms with Gasteiger partial charge in [-0.3, -0.25) is 0 Å². The molecule has 45 heavy (non-hydrogen) atoms. The normalized spacial score (nSPS) is 12.8. The fourth-order valence-corrected chi connectivity index (χ4v) is 6.68. The van der Waals surface area contributed by atoms with Crippen LogP contribution in [0, 0.1) is 0 Å². The number of hydrogen-bond acceptors (Lipinski definition) is 3. The molecule has 0 saturated carbocycles. The molecule has 0 amide bonds. The Morgan fingerprint density at radius 2 is 0.733 bits per heavy atom. The third kappa shape index (κ3) is 4.74. The van der Waals surface area contributed by atoms with E-state index < -0.39 is 0 Å². The zero-order chi connectivity index (χ0) is 30.4.